The zero-order chi connectivity index (χ0) is 20.5. The number of aryl methyl sites for hydroxylation is 1. The van der Waals surface area contributed by atoms with Crippen LogP contribution in [0.15, 0.2) is 53.9 Å². The van der Waals surface area contributed by atoms with Crippen molar-refractivity contribution in [2.45, 2.75) is 30.8 Å². The molecule has 0 unspecified atom stereocenters. The van der Waals surface area contributed by atoms with Crippen molar-refractivity contribution in [3.05, 3.63) is 71.0 Å². The van der Waals surface area contributed by atoms with E-state index in [-0.39, 0.29) is 17.5 Å². The van der Waals surface area contributed by atoms with Crippen LogP contribution < -0.4 is 5.32 Å². The summed E-state index contributed by atoms with van der Waals surface area (Å²) in [4.78, 5) is 38.1. The third-order valence-electron chi connectivity index (χ3n) is 4.76. The summed E-state index contributed by atoms with van der Waals surface area (Å²) in [6, 6.07) is 11.6. The van der Waals surface area contributed by atoms with Crippen LogP contribution in [0.2, 0.25) is 0 Å². The first-order valence-electron chi connectivity index (χ1n) is 9.17. The van der Waals surface area contributed by atoms with Crippen molar-refractivity contribution in [2.75, 3.05) is 5.32 Å². The number of hydrogen-bond donors (Lipinski definition) is 1. The second kappa shape index (κ2) is 7.63. The molecule has 0 bridgehead atoms. The summed E-state index contributed by atoms with van der Waals surface area (Å²) < 4.78 is 1.86. The quantitative estimate of drug-likeness (QED) is 0.512. The normalized spacial score (nSPS) is 13.6. The van der Waals surface area contributed by atoms with Gasteiger partial charge >= 0.3 is 0 Å². The first-order valence-corrected chi connectivity index (χ1v) is 10.1. The Labute approximate surface area is 171 Å². The van der Waals surface area contributed by atoms with Gasteiger partial charge in [-0.05, 0) is 32.0 Å². The van der Waals surface area contributed by atoms with Crippen molar-refractivity contribution in [1.82, 2.24) is 14.8 Å². The van der Waals surface area contributed by atoms with Crippen LogP contribution in [0.5, 0.6) is 0 Å². The molecule has 0 spiro atoms. The Kier molecular flexibility index (Phi) is 5.02. The van der Waals surface area contributed by atoms with E-state index in [1.54, 1.807) is 55.7 Å². The molecule has 1 N–H and O–H groups in total. The molecule has 29 heavy (non-hydrogen) atoms. The molecule has 1 aliphatic rings. The van der Waals surface area contributed by atoms with E-state index in [2.05, 4.69) is 15.5 Å². The van der Waals surface area contributed by atoms with Crippen LogP contribution in [0.1, 0.15) is 45.7 Å². The van der Waals surface area contributed by atoms with Gasteiger partial charge in [-0.25, -0.2) is 0 Å². The van der Waals surface area contributed by atoms with E-state index < -0.39 is 5.25 Å². The van der Waals surface area contributed by atoms with Crippen LogP contribution in [0.25, 0.3) is 0 Å². The number of amides is 1. The van der Waals surface area contributed by atoms with Crippen molar-refractivity contribution < 1.29 is 14.4 Å². The van der Waals surface area contributed by atoms with Gasteiger partial charge in [0.05, 0.1) is 5.25 Å². The molecular formula is C21H18N4O3S. The molecule has 146 valence electrons. The summed E-state index contributed by atoms with van der Waals surface area (Å²) >= 11 is 1.31. The van der Waals surface area contributed by atoms with Gasteiger partial charge in [-0.2, -0.15) is 0 Å². The smallest absolute Gasteiger partial charge is 0.237 e. The largest absolute Gasteiger partial charge is 0.325 e. The Morgan fingerprint density at radius 3 is 2.41 bits per heavy atom. The van der Waals surface area contributed by atoms with E-state index in [0.29, 0.717) is 39.6 Å². The highest BCUT2D eigenvalue weighted by molar-refractivity contribution is 8.00. The first kappa shape index (κ1) is 19.1. The van der Waals surface area contributed by atoms with Gasteiger partial charge in [0.25, 0.3) is 0 Å². The van der Waals surface area contributed by atoms with Gasteiger partial charge in [0.2, 0.25) is 5.91 Å². The average Bonchev–Trinajstić information content (AvgIpc) is 3.19. The van der Waals surface area contributed by atoms with Gasteiger partial charge in [0.15, 0.2) is 16.7 Å². The molecule has 0 fully saturated rings. The van der Waals surface area contributed by atoms with E-state index >= 15 is 0 Å². The Balaban J connectivity index is 1.54. The molecule has 1 aliphatic carbocycles. The van der Waals surface area contributed by atoms with Crippen LogP contribution in [0, 0.1) is 0 Å². The predicted molar refractivity (Wildman–Crippen MR) is 109 cm³/mol. The van der Waals surface area contributed by atoms with Crippen molar-refractivity contribution in [3.63, 3.8) is 0 Å². The molecule has 0 aliphatic heterocycles. The standard InChI is InChI=1S/C21H18N4O3S/c1-3-25-11-22-24-21(25)29-12(2)20(28)23-13-8-9-16-17(10-13)19(27)15-7-5-4-6-14(15)18(16)26/h4-12H,3H2,1-2H3,(H,23,28)/t12-/m0/s1. The van der Waals surface area contributed by atoms with Crippen LogP contribution in [-0.4, -0.2) is 37.5 Å². The van der Waals surface area contributed by atoms with E-state index in [9.17, 15) is 14.4 Å². The highest BCUT2D eigenvalue weighted by Gasteiger charge is 2.29. The van der Waals surface area contributed by atoms with E-state index in [1.807, 2.05) is 11.5 Å². The van der Waals surface area contributed by atoms with Gasteiger partial charge in [-0.15, -0.1) is 10.2 Å². The average molecular weight is 406 g/mol. The number of anilines is 1. The number of carbonyl (C=O) groups is 3. The molecule has 8 heteroatoms. The van der Waals surface area contributed by atoms with Gasteiger partial charge in [-0.1, -0.05) is 36.0 Å². The summed E-state index contributed by atoms with van der Waals surface area (Å²) in [5.74, 6) is -0.628. The fourth-order valence-corrected chi connectivity index (χ4v) is 4.07. The maximum absolute atomic E-state index is 12.8. The number of thioether (sulfide) groups is 1. The molecule has 7 nitrogen and oxygen atoms in total. The molecule has 1 amide bonds. The Bertz CT molecular complexity index is 1140. The maximum Gasteiger partial charge on any atom is 0.237 e. The molecule has 3 aromatic rings. The van der Waals surface area contributed by atoms with Crippen LogP contribution >= 0.6 is 11.8 Å². The molecule has 1 aromatic heterocycles. The third kappa shape index (κ3) is 3.47. The summed E-state index contributed by atoms with van der Waals surface area (Å²) in [6.07, 6.45) is 1.62. The van der Waals surface area contributed by atoms with Crippen molar-refractivity contribution in [2.24, 2.45) is 0 Å². The highest BCUT2D eigenvalue weighted by atomic mass is 32.2. The lowest BCUT2D eigenvalue weighted by atomic mass is 9.84. The SMILES string of the molecule is CCn1cnnc1S[C@@H](C)C(=O)Nc1ccc2c(c1)C(=O)c1ccccc1C2=O. The summed E-state index contributed by atoms with van der Waals surface area (Å²) in [5, 5.41) is 11.0. The van der Waals surface area contributed by atoms with Gasteiger partial charge in [0.1, 0.15) is 6.33 Å². The fourth-order valence-electron chi connectivity index (χ4n) is 3.19. The first-order chi connectivity index (χ1) is 14.0. The molecule has 0 radical (unpaired) electrons. The minimum atomic E-state index is -0.418. The maximum atomic E-state index is 12.8. The summed E-state index contributed by atoms with van der Waals surface area (Å²) in [5.41, 5.74) is 1.92. The van der Waals surface area contributed by atoms with Crippen LogP contribution in [0.3, 0.4) is 0 Å². The summed E-state index contributed by atoms with van der Waals surface area (Å²) in [7, 11) is 0. The van der Waals surface area contributed by atoms with Crippen molar-refractivity contribution in [3.8, 4) is 0 Å². The Hall–Kier alpha value is -3.26. The fraction of sp³-hybridized carbons (Fsp3) is 0.190. The number of nitrogens with one attached hydrogen (secondary N) is 1. The molecule has 0 saturated carbocycles. The zero-order valence-corrected chi connectivity index (χ0v) is 16.7. The van der Waals surface area contributed by atoms with Crippen molar-refractivity contribution >= 4 is 34.9 Å². The number of benzene rings is 2. The number of aromatic nitrogens is 3. The van der Waals surface area contributed by atoms with Crippen LogP contribution in [-0.2, 0) is 11.3 Å². The predicted octanol–water partition coefficient (Wildman–Crippen LogP) is 3.19. The minimum absolute atomic E-state index is 0.184. The van der Waals surface area contributed by atoms with Gasteiger partial charge in [-0.3, -0.25) is 14.4 Å². The lowest BCUT2D eigenvalue weighted by Crippen LogP contribution is -2.24. The van der Waals surface area contributed by atoms with E-state index in [0.717, 1.165) is 0 Å². The second-order valence-electron chi connectivity index (χ2n) is 6.61. The third-order valence-corrected chi connectivity index (χ3v) is 5.86. The number of nitrogens with zero attached hydrogens (tertiary/aromatic N) is 3. The second-order valence-corrected chi connectivity index (χ2v) is 7.92. The minimum Gasteiger partial charge on any atom is -0.325 e. The monoisotopic (exact) mass is 406 g/mol. The Morgan fingerprint density at radius 1 is 1.07 bits per heavy atom. The number of fused-ring (bicyclic) bond motifs is 2. The number of ketones is 2. The molecule has 4 rings (SSSR count). The lowest BCUT2D eigenvalue weighted by molar-refractivity contribution is -0.115. The van der Waals surface area contributed by atoms with Gasteiger partial charge < -0.3 is 9.88 Å². The topological polar surface area (TPSA) is 93.9 Å². The number of hydrogen-bond acceptors (Lipinski definition) is 6. The molecular weight excluding hydrogens is 388 g/mol. The Morgan fingerprint density at radius 2 is 1.72 bits per heavy atom. The van der Waals surface area contributed by atoms with Gasteiger partial charge in [0, 0.05) is 34.5 Å². The van der Waals surface area contributed by atoms with E-state index in [1.165, 1.54) is 11.8 Å². The molecule has 0 saturated heterocycles. The number of rotatable bonds is 5. The molecule has 1 heterocycles. The number of carbonyl (C=O) groups excluding carboxylic acids is 3. The highest BCUT2D eigenvalue weighted by Crippen LogP contribution is 2.29. The lowest BCUT2D eigenvalue weighted by Gasteiger charge is -2.18. The van der Waals surface area contributed by atoms with Crippen LogP contribution in [0.4, 0.5) is 5.69 Å². The van der Waals surface area contributed by atoms with E-state index in [4.69, 9.17) is 0 Å². The summed E-state index contributed by atoms with van der Waals surface area (Å²) in [6.45, 7) is 4.46. The van der Waals surface area contributed by atoms with Crippen molar-refractivity contribution in [1.29, 1.82) is 0 Å². The molecule has 2 aromatic carbocycles. The zero-order valence-electron chi connectivity index (χ0n) is 15.9. The molecule has 1 atom stereocenters.